The molecule has 0 fully saturated rings. The zero-order valence-corrected chi connectivity index (χ0v) is 9.00. The highest BCUT2D eigenvalue weighted by Gasteiger charge is 2.05. The van der Waals surface area contributed by atoms with E-state index in [0.717, 1.165) is 15.8 Å². The minimum atomic E-state index is 0.547. The Balaban J connectivity index is 3.19. The second kappa shape index (κ2) is 4.28. The van der Waals surface area contributed by atoms with E-state index >= 15 is 0 Å². The topological polar surface area (TPSA) is 41.8 Å². The van der Waals surface area contributed by atoms with Gasteiger partial charge in [-0.05, 0) is 25.1 Å². The first kappa shape index (κ1) is 10.1. The summed E-state index contributed by atoms with van der Waals surface area (Å²) in [5.74, 6) is 0.737. The third-order valence-corrected chi connectivity index (χ3v) is 2.40. The molecule has 1 N–H and O–H groups in total. The summed E-state index contributed by atoms with van der Waals surface area (Å²) in [6, 6.07) is 5.49. The van der Waals surface area contributed by atoms with Crippen molar-refractivity contribution in [3.8, 4) is 5.75 Å². The zero-order chi connectivity index (χ0) is 9.84. The number of oxime groups is 1. The van der Waals surface area contributed by atoms with Crippen molar-refractivity contribution in [1.82, 2.24) is 0 Å². The molecule has 1 aromatic carbocycles. The molecule has 0 bridgehead atoms. The number of halogens is 1. The van der Waals surface area contributed by atoms with Gasteiger partial charge in [0.05, 0.1) is 12.8 Å². The lowest BCUT2D eigenvalue weighted by molar-refractivity contribution is 0.319. The molecule has 0 atom stereocenters. The van der Waals surface area contributed by atoms with Gasteiger partial charge in [0.1, 0.15) is 5.75 Å². The number of rotatable bonds is 2. The first-order chi connectivity index (χ1) is 6.19. The average molecular weight is 244 g/mol. The molecular weight excluding hydrogens is 234 g/mol. The standard InChI is InChI=1S/C9H10BrNO2/c1-6(11-12)8-5-7(13-2)3-4-9(8)10/h3-5,12H,1-2H3/b11-6-. The molecule has 0 amide bonds. The Morgan fingerprint density at radius 2 is 2.23 bits per heavy atom. The zero-order valence-electron chi connectivity index (χ0n) is 7.41. The summed E-state index contributed by atoms with van der Waals surface area (Å²) in [4.78, 5) is 0. The molecule has 0 unspecified atom stereocenters. The van der Waals surface area contributed by atoms with Crippen LogP contribution in [0.25, 0.3) is 0 Å². The molecular formula is C9H10BrNO2. The van der Waals surface area contributed by atoms with Gasteiger partial charge in [-0.1, -0.05) is 21.1 Å². The summed E-state index contributed by atoms with van der Waals surface area (Å²) >= 11 is 3.35. The highest BCUT2D eigenvalue weighted by atomic mass is 79.9. The van der Waals surface area contributed by atoms with E-state index in [4.69, 9.17) is 9.94 Å². The number of hydrogen-bond donors (Lipinski definition) is 1. The molecule has 13 heavy (non-hydrogen) atoms. The summed E-state index contributed by atoms with van der Waals surface area (Å²) in [5, 5.41) is 11.7. The smallest absolute Gasteiger partial charge is 0.119 e. The van der Waals surface area contributed by atoms with E-state index in [1.54, 1.807) is 20.1 Å². The van der Waals surface area contributed by atoms with Crippen LogP contribution in [0.15, 0.2) is 27.8 Å². The van der Waals surface area contributed by atoms with Gasteiger partial charge in [-0.2, -0.15) is 0 Å². The lowest BCUT2D eigenvalue weighted by Gasteiger charge is -2.05. The van der Waals surface area contributed by atoms with Crippen LogP contribution in [0.1, 0.15) is 12.5 Å². The summed E-state index contributed by atoms with van der Waals surface area (Å²) in [6.45, 7) is 1.72. The number of nitrogens with zero attached hydrogens (tertiary/aromatic N) is 1. The maximum Gasteiger partial charge on any atom is 0.119 e. The van der Waals surface area contributed by atoms with Gasteiger partial charge in [-0.3, -0.25) is 0 Å². The molecule has 0 saturated carbocycles. The maximum absolute atomic E-state index is 8.60. The number of methoxy groups -OCH3 is 1. The molecule has 1 rings (SSSR count). The molecule has 70 valence electrons. The molecule has 0 aliphatic rings. The van der Waals surface area contributed by atoms with Gasteiger partial charge in [0, 0.05) is 10.0 Å². The van der Waals surface area contributed by atoms with Crippen LogP contribution < -0.4 is 4.74 Å². The van der Waals surface area contributed by atoms with E-state index in [9.17, 15) is 0 Å². The third kappa shape index (κ3) is 2.21. The Hall–Kier alpha value is -1.03. The van der Waals surface area contributed by atoms with Gasteiger partial charge in [0.15, 0.2) is 0 Å². The Morgan fingerprint density at radius 3 is 2.77 bits per heavy atom. The monoisotopic (exact) mass is 243 g/mol. The van der Waals surface area contributed by atoms with Crippen molar-refractivity contribution in [2.24, 2.45) is 5.16 Å². The molecule has 3 nitrogen and oxygen atoms in total. The summed E-state index contributed by atoms with van der Waals surface area (Å²) in [7, 11) is 1.60. The SMILES string of the molecule is COc1ccc(Br)c(/C(C)=N\O)c1. The van der Waals surface area contributed by atoms with Crippen LogP contribution in [0.5, 0.6) is 5.75 Å². The molecule has 0 aromatic heterocycles. The van der Waals surface area contributed by atoms with E-state index in [-0.39, 0.29) is 0 Å². The highest BCUT2D eigenvalue weighted by molar-refractivity contribution is 9.10. The van der Waals surface area contributed by atoms with E-state index in [2.05, 4.69) is 21.1 Å². The fraction of sp³-hybridized carbons (Fsp3) is 0.222. The largest absolute Gasteiger partial charge is 0.497 e. The van der Waals surface area contributed by atoms with Crippen molar-refractivity contribution in [2.75, 3.05) is 7.11 Å². The molecule has 0 heterocycles. The molecule has 0 saturated heterocycles. The van der Waals surface area contributed by atoms with Crippen LogP contribution in [0.4, 0.5) is 0 Å². The van der Waals surface area contributed by atoms with Gasteiger partial charge in [-0.25, -0.2) is 0 Å². The van der Waals surface area contributed by atoms with Gasteiger partial charge in [0.25, 0.3) is 0 Å². The maximum atomic E-state index is 8.60. The Bertz CT molecular complexity index is 336. The van der Waals surface area contributed by atoms with E-state index < -0.39 is 0 Å². The summed E-state index contributed by atoms with van der Waals surface area (Å²) < 4.78 is 5.93. The van der Waals surface area contributed by atoms with Crippen LogP contribution in [-0.4, -0.2) is 18.0 Å². The quantitative estimate of drug-likeness (QED) is 0.493. The Labute approximate surface area is 85.2 Å². The highest BCUT2D eigenvalue weighted by Crippen LogP contribution is 2.22. The van der Waals surface area contributed by atoms with Crippen LogP contribution in [-0.2, 0) is 0 Å². The molecule has 0 aliphatic carbocycles. The lowest BCUT2D eigenvalue weighted by atomic mass is 10.1. The molecule has 1 aromatic rings. The van der Waals surface area contributed by atoms with Crippen molar-refractivity contribution in [3.63, 3.8) is 0 Å². The Morgan fingerprint density at radius 1 is 1.54 bits per heavy atom. The molecule has 0 radical (unpaired) electrons. The van der Waals surface area contributed by atoms with Crippen LogP contribution in [0.2, 0.25) is 0 Å². The number of ether oxygens (including phenoxy) is 1. The van der Waals surface area contributed by atoms with Crippen molar-refractivity contribution in [1.29, 1.82) is 0 Å². The van der Waals surface area contributed by atoms with Crippen molar-refractivity contribution in [3.05, 3.63) is 28.2 Å². The van der Waals surface area contributed by atoms with Crippen LogP contribution in [0.3, 0.4) is 0 Å². The predicted octanol–water partition coefficient (Wildman–Crippen LogP) is 2.66. The minimum absolute atomic E-state index is 0.547. The van der Waals surface area contributed by atoms with E-state index in [1.165, 1.54) is 0 Å². The fourth-order valence-electron chi connectivity index (χ4n) is 0.962. The van der Waals surface area contributed by atoms with Crippen molar-refractivity contribution < 1.29 is 9.94 Å². The normalized spacial score (nSPS) is 11.5. The first-order valence-corrected chi connectivity index (χ1v) is 4.51. The van der Waals surface area contributed by atoms with Gasteiger partial charge in [-0.15, -0.1) is 0 Å². The van der Waals surface area contributed by atoms with Crippen molar-refractivity contribution in [2.45, 2.75) is 6.92 Å². The summed E-state index contributed by atoms with van der Waals surface area (Å²) in [6.07, 6.45) is 0. The third-order valence-electron chi connectivity index (χ3n) is 1.71. The van der Waals surface area contributed by atoms with Gasteiger partial charge < -0.3 is 9.94 Å². The lowest BCUT2D eigenvalue weighted by Crippen LogP contribution is -1.96. The first-order valence-electron chi connectivity index (χ1n) is 3.71. The molecule has 0 spiro atoms. The van der Waals surface area contributed by atoms with Gasteiger partial charge >= 0.3 is 0 Å². The number of hydrogen-bond acceptors (Lipinski definition) is 3. The van der Waals surface area contributed by atoms with Crippen LogP contribution >= 0.6 is 15.9 Å². The molecule has 4 heteroatoms. The fourth-order valence-corrected chi connectivity index (χ4v) is 1.50. The second-order valence-corrected chi connectivity index (χ2v) is 3.39. The average Bonchev–Trinajstić information content (AvgIpc) is 2.17. The van der Waals surface area contributed by atoms with Gasteiger partial charge in [0.2, 0.25) is 0 Å². The van der Waals surface area contributed by atoms with E-state index in [1.807, 2.05) is 12.1 Å². The second-order valence-electron chi connectivity index (χ2n) is 2.53. The van der Waals surface area contributed by atoms with Crippen molar-refractivity contribution >= 4 is 21.6 Å². The minimum Gasteiger partial charge on any atom is -0.497 e. The summed E-state index contributed by atoms with van der Waals surface area (Å²) in [5.41, 5.74) is 1.37. The Kier molecular flexibility index (Phi) is 3.31. The van der Waals surface area contributed by atoms with Crippen LogP contribution in [0, 0.1) is 0 Å². The predicted molar refractivity (Wildman–Crippen MR) is 54.7 cm³/mol. The van der Waals surface area contributed by atoms with E-state index in [0.29, 0.717) is 5.71 Å². The number of benzene rings is 1. The molecule has 0 aliphatic heterocycles.